The van der Waals surface area contributed by atoms with E-state index in [1.54, 1.807) is 12.1 Å². The third-order valence-corrected chi connectivity index (χ3v) is 3.87. The first-order valence-corrected chi connectivity index (χ1v) is 6.68. The first-order valence-electron chi connectivity index (χ1n) is 6.30. The second-order valence-corrected chi connectivity index (χ2v) is 5.28. The van der Waals surface area contributed by atoms with Crippen molar-refractivity contribution in [3.05, 3.63) is 33.3 Å². The van der Waals surface area contributed by atoms with Crippen LogP contribution in [0.1, 0.15) is 32.6 Å². The maximum atomic E-state index is 11.0. The monoisotopic (exact) mass is 268 g/mol. The number of nitro groups is 1. The predicted molar refractivity (Wildman–Crippen MR) is 73.1 cm³/mol. The van der Waals surface area contributed by atoms with Crippen LogP contribution in [0.3, 0.4) is 0 Å². The van der Waals surface area contributed by atoms with Gasteiger partial charge in [-0.15, -0.1) is 0 Å². The van der Waals surface area contributed by atoms with E-state index in [9.17, 15) is 10.1 Å². The molecule has 98 valence electrons. The minimum absolute atomic E-state index is 0.0578. The molecule has 18 heavy (non-hydrogen) atoms. The van der Waals surface area contributed by atoms with Crippen molar-refractivity contribution in [2.45, 2.75) is 38.6 Å². The molecular weight excluding hydrogens is 252 g/mol. The van der Waals surface area contributed by atoms with E-state index in [1.165, 1.54) is 18.9 Å². The predicted octanol–water partition coefficient (Wildman–Crippen LogP) is 4.24. The molecule has 0 saturated heterocycles. The number of rotatable bonds is 4. The zero-order valence-electron chi connectivity index (χ0n) is 10.4. The normalized spacial score (nSPS) is 23.0. The molecule has 4 nitrogen and oxygen atoms in total. The van der Waals surface area contributed by atoms with Gasteiger partial charge >= 0.3 is 0 Å². The van der Waals surface area contributed by atoms with E-state index in [2.05, 4.69) is 12.2 Å². The number of nitro benzene ring substituents is 1. The van der Waals surface area contributed by atoms with Crippen LogP contribution in [-0.2, 0) is 0 Å². The van der Waals surface area contributed by atoms with Crippen molar-refractivity contribution in [1.29, 1.82) is 0 Å². The lowest BCUT2D eigenvalue weighted by molar-refractivity contribution is -0.384. The fourth-order valence-corrected chi connectivity index (χ4v) is 2.74. The highest BCUT2D eigenvalue weighted by molar-refractivity contribution is 6.30. The molecule has 1 aliphatic rings. The first kappa shape index (κ1) is 13.1. The summed E-state index contributed by atoms with van der Waals surface area (Å²) >= 11 is 5.79. The van der Waals surface area contributed by atoms with E-state index in [-0.39, 0.29) is 10.6 Å². The number of benzene rings is 1. The Kier molecular flexibility index (Phi) is 4.07. The minimum Gasteiger partial charge on any atom is -0.377 e. The maximum Gasteiger partial charge on any atom is 0.293 e. The fourth-order valence-electron chi connectivity index (χ4n) is 2.57. The highest BCUT2D eigenvalue weighted by atomic mass is 35.5. The number of hydrogen-bond donors (Lipinski definition) is 1. The quantitative estimate of drug-likeness (QED) is 0.656. The molecule has 0 heterocycles. The van der Waals surface area contributed by atoms with Crippen LogP contribution in [0, 0.1) is 16.0 Å². The Labute approximate surface area is 111 Å². The van der Waals surface area contributed by atoms with Gasteiger partial charge < -0.3 is 5.32 Å². The summed E-state index contributed by atoms with van der Waals surface area (Å²) in [5.41, 5.74) is 0.633. The lowest BCUT2D eigenvalue weighted by atomic mass is 10.1. The lowest BCUT2D eigenvalue weighted by Crippen LogP contribution is -2.16. The van der Waals surface area contributed by atoms with Crippen molar-refractivity contribution in [1.82, 2.24) is 0 Å². The molecular formula is C13H17ClN2O2. The summed E-state index contributed by atoms with van der Waals surface area (Å²) in [6.45, 7) is 2.19. The third-order valence-electron chi connectivity index (χ3n) is 3.63. The zero-order valence-corrected chi connectivity index (χ0v) is 11.1. The molecule has 0 aliphatic heterocycles. The SMILES string of the molecule is CCC1CCC(Nc2ccc(Cl)cc2[N+](=O)[O-])C1. The highest BCUT2D eigenvalue weighted by Crippen LogP contribution is 2.33. The van der Waals surface area contributed by atoms with Crippen molar-refractivity contribution >= 4 is 23.0 Å². The molecule has 2 unspecified atom stereocenters. The smallest absolute Gasteiger partial charge is 0.293 e. The van der Waals surface area contributed by atoms with E-state index in [0.717, 1.165) is 18.8 Å². The first-order chi connectivity index (χ1) is 8.60. The summed E-state index contributed by atoms with van der Waals surface area (Å²) in [6, 6.07) is 5.12. The summed E-state index contributed by atoms with van der Waals surface area (Å²) in [6.07, 6.45) is 4.56. The summed E-state index contributed by atoms with van der Waals surface area (Å²) in [5.74, 6) is 0.744. The van der Waals surface area contributed by atoms with Crippen molar-refractivity contribution in [2.24, 2.45) is 5.92 Å². The lowest BCUT2D eigenvalue weighted by Gasteiger charge is -2.14. The summed E-state index contributed by atoms with van der Waals surface area (Å²) in [7, 11) is 0. The molecule has 2 rings (SSSR count). The molecule has 0 radical (unpaired) electrons. The van der Waals surface area contributed by atoms with Crippen LogP contribution in [0.4, 0.5) is 11.4 Å². The Hall–Kier alpha value is -1.29. The molecule has 0 spiro atoms. The standard InChI is InChI=1S/C13H17ClN2O2/c1-2-9-3-5-11(7-9)15-12-6-4-10(14)8-13(12)16(17)18/h4,6,8-9,11,15H,2-3,5,7H2,1H3. The van der Waals surface area contributed by atoms with Crippen LogP contribution in [0.5, 0.6) is 0 Å². The van der Waals surface area contributed by atoms with Crippen LogP contribution < -0.4 is 5.32 Å². The Balaban J connectivity index is 2.12. The number of nitrogens with one attached hydrogen (secondary N) is 1. The van der Waals surface area contributed by atoms with Crippen LogP contribution in [0.15, 0.2) is 18.2 Å². The average molecular weight is 269 g/mol. The van der Waals surface area contributed by atoms with Gasteiger partial charge in [0, 0.05) is 17.1 Å². The van der Waals surface area contributed by atoms with Crippen LogP contribution in [-0.4, -0.2) is 11.0 Å². The van der Waals surface area contributed by atoms with Gasteiger partial charge in [-0.05, 0) is 37.3 Å². The number of halogens is 1. The molecule has 0 bridgehead atoms. The van der Waals surface area contributed by atoms with Crippen LogP contribution in [0.25, 0.3) is 0 Å². The van der Waals surface area contributed by atoms with E-state index < -0.39 is 0 Å². The van der Waals surface area contributed by atoms with Crippen LogP contribution >= 0.6 is 11.6 Å². The van der Waals surface area contributed by atoms with E-state index in [1.807, 2.05) is 0 Å². The molecule has 1 fully saturated rings. The van der Waals surface area contributed by atoms with Gasteiger partial charge in [0.15, 0.2) is 0 Å². The van der Waals surface area contributed by atoms with Gasteiger partial charge in [-0.25, -0.2) is 0 Å². The van der Waals surface area contributed by atoms with E-state index in [4.69, 9.17) is 11.6 Å². The van der Waals surface area contributed by atoms with Gasteiger partial charge in [-0.1, -0.05) is 24.9 Å². The molecule has 5 heteroatoms. The van der Waals surface area contributed by atoms with Crippen molar-refractivity contribution < 1.29 is 4.92 Å². The minimum atomic E-state index is -0.388. The summed E-state index contributed by atoms with van der Waals surface area (Å²) in [5, 5.41) is 14.7. The number of anilines is 1. The van der Waals surface area contributed by atoms with Crippen molar-refractivity contribution in [3.63, 3.8) is 0 Å². The number of hydrogen-bond acceptors (Lipinski definition) is 3. The summed E-state index contributed by atoms with van der Waals surface area (Å²) < 4.78 is 0. The van der Waals surface area contributed by atoms with Gasteiger partial charge in [-0.2, -0.15) is 0 Å². The third kappa shape index (κ3) is 2.93. The van der Waals surface area contributed by atoms with E-state index >= 15 is 0 Å². The van der Waals surface area contributed by atoms with E-state index in [0.29, 0.717) is 16.8 Å². The van der Waals surface area contributed by atoms with Crippen LogP contribution in [0.2, 0.25) is 5.02 Å². The largest absolute Gasteiger partial charge is 0.377 e. The Morgan fingerprint density at radius 2 is 2.28 bits per heavy atom. The molecule has 1 aromatic carbocycles. The fraction of sp³-hybridized carbons (Fsp3) is 0.538. The second kappa shape index (κ2) is 5.57. The van der Waals surface area contributed by atoms with Crippen molar-refractivity contribution in [3.8, 4) is 0 Å². The highest BCUT2D eigenvalue weighted by Gasteiger charge is 2.25. The topological polar surface area (TPSA) is 55.2 Å². The number of nitrogens with zero attached hydrogens (tertiary/aromatic N) is 1. The molecule has 2 atom stereocenters. The maximum absolute atomic E-state index is 11.0. The van der Waals surface area contributed by atoms with Gasteiger partial charge in [0.05, 0.1) is 4.92 Å². The Bertz CT molecular complexity index is 451. The second-order valence-electron chi connectivity index (χ2n) is 4.85. The molecule has 1 N–H and O–H groups in total. The van der Waals surface area contributed by atoms with Gasteiger partial charge in [0.1, 0.15) is 5.69 Å². The molecule has 1 aromatic rings. The Morgan fingerprint density at radius 1 is 1.50 bits per heavy atom. The van der Waals surface area contributed by atoms with Gasteiger partial charge in [0.2, 0.25) is 0 Å². The van der Waals surface area contributed by atoms with Crippen molar-refractivity contribution in [2.75, 3.05) is 5.32 Å². The molecule has 1 saturated carbocycles. The van der Waals surface area contributed by atoms with Gasteiger partial charge in [-0.3, -0.25) is 10.1 Å². The molecule has 0 amide bonds. The summed E-state index contributed by atoms with van der Waals surface area (Å²) in [4.78, 5) is 10.6. The molecule has 1 aliphatic carbocycles. The molecule has 0 aromatic heterocycles. The Morgan fingerprint density at radius 3 is 2.89 bits per heavy atom. The average Bonchev–Trinajstić information content (AvgIpc) is 2.79. The zero-order chi connectivity index (χ0) is 13.1. The van der Waals surface area contributed by atoms with Gasteiger partial charge in [0.25, 0.3) is 5.69 Å².